The number of nitrogens with one attached hydrogen (secondary N) is 1. The Balaban J connectivity index is 1.79. The van der Waals surface area contributed by atoms with Crippen LogP contribution < -0.4 is 5.32 Å². The molecule has 0 aliphatic carbocycles. The highest BCUT2D eigenvalue weighted by molar-refractivity contribution is 6.02. The summed E-state index contributed by atoms with van der Waals surface area (Å²) in [6.07, 6.45) is 2.17. The van der Waals surface area contributed by atoms with E-state index < -0.39 is 0 Å². The van der Waals surface area contributed by atoms with Gasteiger partial charge >= 0.3 is 6.09 Å². The normalized spacial score (nSPS) is 14.2. The third-order valence-electron chi connectivity index (χ3n) is 4.58. The van der Waals surface area contributed by atoms with Gasteiger partial charge in [-0.3, -0.25) is 14.0 Å². The summed E-state index contributed by atoms with van der Waals surface area (Å²) in [5.74, 6) is -0.363. The van der Waals surface area contributed by atoms with Crippen molar-refractivity contribution in [2.75, 3.05) is 39.3 Å². The predicted molar refractivity (Wildman–Crippen MR) is 102 cm³/mol. The number of fused-ring (bicyclic) bond motifs is 1. The van der Waals surface area contributed by atoms with Gasteiger partial charge in [0.1, 0.15) is 0 Å². The van der Waals surface area contributed by atoms with Crippen LogP contribution in [0.4, 0.5) is 4.79 Å². The first kappa shape index (κ1) is 19.7. The molecular formula is C19H25N5O4. The summed E-state index contributed by atoms with van der Waals surface area (Å²) < 4.78 is 6.64. The van der Waals surface area contributed by atoms with Gasteiger partial charge in [0.25, 0.3) is 11.8 Å². The number of pyridine rings is 1. The van der Waals surface area contributed by atoms with Crippen LogP contribution in [0.3, 0.4) is 0 Å². The number of carbonyl (C=O) groups excluding carboxylic acids is 3. The fourth-order valence-electron chi connectivity index (χ4n) is 3.13. The second-order valence-corrected chi connectivity index (χ2v) is 6.47. The van der Waals surface area contributed by atoms with Gasteiger partial charge < -0.3 is 19.9 Å². The summed E-state index contributed by atoms with van der Waals surface area (Å²) >= 11 is 0. The molecule has 0 aromatic carbocycles. The van der Waals surface area contributed by atoms with E-state index in [0.29, 0.717) is 44.8 Å². The summed E-state index contributed by atoms with van der Waals surface area (Å²) in [5.41, 5.74) is 0.826. The molecule has 3 rings (SSSR count). The molecule has 150 valence electrons. The number of aromatic nitrogens is 2. The Morgan fingerprint density at radius 2 is 1.82 bits per heavy atom. The van der Waals surface area contributed by atoms with E-state index in [9.17, 15) is 14.4 Å². The van der Waals surface area contributed by atoms with Crippen LogP contribution in [0.15, 0.2) is 24.4 Å². The van der Waals surface area contributed by atoms with Gasteiger partial charge in [-0.05, 0) is 25.5 Å². The smallest absolute Gasteiger partial charge is 0.409 e. The van der Waals surface area contributed by atoms with Crippen LogP contribution in [0.1, 0.15) is 41.4 Å². The highest BCUT2D eigenvalue weighted by atomic mass is 16.6. The van der Waals surface area contributed by atoms with Gasteiger partial charge in [-0.2, -0.15) is 0 Å². The molecule has 0 atom stereocenters. The van der Waals surface area contributed by atoms with Gasteiger partial charge in [0, 0.05) is 38.9 Å². The van der Waals surface area contributed by atoms with Crippen LogP contribution in [-0.4, -0.2) is 76.4 Å². The summed E-state index contributed by atoms with van der Waals surface area (Å²) in [6.45, 7) is 6.17. The maximum atomic E-state index is 13.0. The topological polar surface area (TPSA) is 96.3 Å². The Kier molecular flexibility index (Phi) is 6.13. The lowest BCUT2D eigenvalue weighted by atomic mass is 10.3. The second-order valence-electron chi connectivity index (χ2n) is 6.47. The number of imidazole rings is 1. The number of ether oxygens (including phenoxy) is 1. The molecule has 1 N–H and O–H groups in total. The Morgan fingerprint density at radius 3 is 2.50 bits per heavy atom. The number of hydrogen-bond donors (Lipinski definition) is 1. The molecule has 9 nitrogen and oxygen atoms in total. The Hall–Kier alpha value is -3.10. The summed E-state index contributed by atoms with van der Waals surface area (Å²) in [5, 5.41) is 2.81. The molecule has 0 bridgehead atoms. The van der Waals surface area contributed by atoms with Crippen molar-refractivity contribution in [2.45, 2.75) is 20.3 Å². The van der Waals surface area contributed by atoms with E-state index in [4.69, 9.17) is 4.74 Å². The molecule has 0 radical (unpaired) electrons. The largest absolute Gasteiger partial charge is 0.450 e. The van der Waals surface area contributed by atoms with Crippen molar-refractivity contribution >= 4 is 23.4 Å². The average molecular weight is 387 g/mol. The van der Waals surface area contributed by atoms with Crippen molar-refractivity contribution < 1.29 is 19.1 Å². The van der Waals surface area contributed by atoms with Crippen molar-refractivity contribution in [1.29, 1.82) is 0 Å². The summed E-state index contributed by atoms with van der Waals surface area (Å²) in [6, 6.07) is 5.36. The fourth-order valence-corrected chi connectivity index (χ4v) is 3.13. The van der Waals surface area contributed by atoms with E-state index in [1.54, 1.807) is 45.5 Å². The van der Waals surface area contributed by atoms with E-state index in [0.717, 1.165) is 6.42 Å². The lowest BCUT2D eigenvalue weighted by Gasteiger charge is -2.33. The van der Waals surface area contributed by atoms with E-state index >= 15 is 0 Å². The monoisotopic (exact) mass is 387 g/mol. The third-order valence-corrected chi connectivity index (χ3v) is 4.58. The van der Waals surface area contributed by atoms with Crippen LogP contribution in [0.5, 0.6) is 0 Å². The molecule has 28 heavy (non-hydrogen) atoms. The standard InChI is InChI=1S/C19H25N5O4/c1-3-8-20-17(25)15-14-7-5-6-9-24(14)16(21-15)18(26)22-10-12-23(13-11-22)19(27)28-4-2/h5-7,9H,3-4,8,10-13H2,1-2H3,(H,20,25). The van der Waals surface area contributed by atoms with Gasteiger partial charge in [0.05, 0.1) is 12.1 Å². The average Bonchev–Trinajstić information content (AvgIpc) is 3.11. The minimum atomic E-state index is -0.365. The van der Waals surface area contributed by atoms with Crippen molar-refractivity contribution in [3.63, 3.8) is 0 Å². The summed E-state index contributed by atoms with van der Waals surface area (Å²) in [4.78, 5) is 44.9. The lowest BCUT2D eigenvalue weighted by molar-refractivity contribution is 0.0560. The highest BCUT2D eigenvalue weighted by Crippen LogP contribution is 2.16. The second kappa shape index (κ2) is 8.73. The number of piperazine rings is 1. The van der Waals surface area contributed by atoms with E-state index in [-0.39, 0.29) is 29.4 Å². The van der Waals surface area contributed by atoms with Crippen molar-refractivity contribution in [1.82, 2.24) is 24.5 Å². The number of amides is 3. The van der Waals surface area contributed by atoms with Crippen LogP contribution in [-0.2, 0) is 4.74 Å². The quantitative estimate of drug-likeness (QED) is 0.836. The first-order chi connectivity index (χ1) is 13.6. The lowest BCUT2D eigenvalue weighted by Crippen LogP contribution is -2.51. The van der Waals surface area contributed by atoms with Crippen LogP contribution in [0, 0.1) is 0 Å². The number of rotatable bonds is 5. The Bertz CT molecular complexity index is 870. The molecule has 9 heteroatoms. The Morgan fingerprint density at radius 1 is 1.11 bits per heavy atom. The molecule has 0 saturated carbocycles. The SMILES string of the molecule is CCCNC(=O)c1nc(C(=O)N2CCN(C(=O)OCC)CC2)n2ccccc12. The Labute approximate surface area is 163 Å². The minimum Gasteiger partial charge on any atom is -0.450 e. The number of hydrogen-bond acceptors (Lipinski definition) is 5. The molecule has 0 unspecified atom stereocenters. The van der Waals surface area contributed by atoms with Gasteiger partial charge in [-0.15, -0.1) is 0 Å². The maximum Gasteiger partial charge on any atom is 0.409 e. The van der Waals surface area contributed by atoms with Crippen molar-refractivity contribution in [2.24, 2.45) is 0 Å². The van der Waals surface area contributed by atoms with E-state index in [2.05, 4.69) is 10.3 Å². The van der Waals surface area contributed by atoms with Gasteiger partial charge in [0.2, 0.25) is 5.82 Å². The van der Waals surface area contributed by atoms with Gasteiger partial charge in [-0.1, -0.05) is 13.0 Å². The molecule has 0 spiro atoms. The predicted octanol–water partition coefficient (Wildman–Crippen LogP) is 1.39. The summed E-state index contributed by atoms with van der Waals surface area (Å²) in [7, 11) is 0. The van der Waals surface area contributed by atoms with Crippen molar-refractivity contribution in [3.05, 3.63) is 35.9 Å². The van der Waals surface area contributed by atoms with Crippen LogP contribution >= 0.6 is 0 Å². The van der Waals surface area contributed by atoms with Gasteiger partial charge in [0.15, 0.2) is 5.69 Å². The van der Waals surface area contributed by atoms with E-state index in [1.165, 1.54) is 0 Å². The highest BCUT2D eigenvalue weighted by Gasteiger charge is 2.29. The molecule has 3 amide bonds. The minimum absolute atomic E-state index is 0.196. The first-order valence-corrected chi connectivity index (χ1v) is 9.53. The van der Waals surface area contributed by atoms with Crippen LogP contribution in [0.25, 0.3) is 5.52 Å². The molecular weight excluding hydrogens is 362 g/mol. The molecule has 3 heterocycles. The number of nitrogens with zero attached hydrogens (tertiary/aromatic N) is 4. The first-order valence-electron chi connectivity index (χ1n) is 9.53. The molecule has 2 aromatic rings. The van der Waals surface area contributed by atoms with Gasteiger partial charge in [-0.25, -0.2) is 9.78 Å². The zero-order chi connectivity index (χ0) is 20.1. The number of carbonyl (C=O) groups is 3. The van der Waals surface area contributed by atoms with Crippen molar-refractivity contribution in [3.8, 4) is 0 Å². The maximum absolute atomic E-state index is 13.0. The molecule has 1 fully saturated rings. The molecule has 1 aliphatic heterocycles. The van der Waals surface area contributed by atoms with Crippen LogP contribution in [0.2, 0.25) is 0 Å². The fraction of sp³-hybridized carbons (Fsp3) is 0.474. The molecule has 1 aliphatic rings. The third kappa shape index (κ3) is 3.92. The zero-order valence-corrected chi connectivity index (χ0v) is 16.2. The molecule has 2 aromatic heterocycles. The molecule has 1 saturated heterocycles. The van der Waals surface area contributed by atoms with E-state index in [1.807, 2.05) is 6.92 Å². The zero-order valence-electron chi connectivity index (χ0n) is 16.2.